The van der Waals surface area contributed by atoms with E-state index in [1.807, 2.05) is 24.4 Å². The van der Waals surface area contributed by atoms with E-state index in [-0.39, 0.29) is 5.97 Å². The van der Waals surface area contributed by atoms with Crippen molar-refractivity contribution < 1.29 is 9.53 Å². The van der Waals surface area contributed by atoms with E-state index < -0.39 is 0 Å². The molecule has 2 aromatic heterocycles. The van der Waals surface area contributed by atoms with Crippen LogP contribution in [0.1, 0.15) is 17.7 Å². The molecule has 4 nitrogen and oxygen atoms in total. The van der Waals surface area contributed by atoms with E-state index in [0.717, 1.165) is 22.0 Å². The Bertz CT molecular complexity index is 551. The van der Waals surface area contributed by atoms with Gasteiger partial charge in [0.15, 0.2) is 0 Å². The zero-order valence-corrected chi connectivity index (χ0v) is 11.2. The third kappa shape index (κ3) is 2.92. The molecular formula is C13H14N2O2S. The van der Waals surface area contributed by atoms with E-state index in [4.69, 9.17) is 0 Å². The van der Waals surface area contributed by atoms with Gasteiger partial charge in [-0.2, -0.15) is 0 Å². The summed E-state index contributed by atoms with van der Waals surface area (Å²) in [4.78, 5) is 19.9. The Balaban J connectivity index is 2.11. The van der Waals surface area contributed by atoms with E-state index >= 15 is 0 Å². The van der Waals surface area contributed by atoms with Gasteiger partial charge in [-0.15, -0.1) is 11.3 Å². The molecule has 0 amide bonds. The van der Waals surface area contributed by atoms with Crippen molar-refractivity contribution in [3.8, 4) is 10.7 Å². The first kappa shape index (κ1) is 12.7. The molecular weight excluding hydrogens is 248 g/mol. The standard InChI is InChI=1S/C13H14N2O2S/c1-9-4-3-7-14-12(9)13-15-10(8-18-13)5-6-11(16)17-2/h3-4,7-8H,5-6H2,1-2H3. The Morgan fingerprint density at radius 3 is 3.06 bits per heavy atom. The zero-order chi connectivity index (χ0) is 13.0. The number of esters is 1. The van der Waals surface area contributed by atoms with Crippen LogP contribution in [0, 0.1) is 6.92 Å². The molecule has 0 fully saturated rings. The zero-order valence-electron chi connectivity index (χ0n) is 10.3. The quantitative estimate of drug-likeness (QED) is 0.795. The molecule has 0 unspecified atom stereocenters. The normalized spacial score (nSPS) is 10.3. The summed E-state index contributed by atoms with van der Waals surface area (Å²) in [6.07, 6.45) is 2.73. The Kier molecular flexibility index (Phi) is 4.04. The highest BCUT2D eigenvalue weighted by atomic mass is 32.1. The molecule has 94 valence electrons. The second-order valence-corrected chi connectivity index (χ2v) is 4.75. The van der Waals surface area contributed by atoms with Crippen LogP contribution in [0.25, 0.3) is 10.7 Å². The number of rotatable bonds is 4. The lowest BCUT2D eigenvalue weighted by Crippen LogP contribution is -2.02. The largest absolute Gasteiger partial charge is 0.469 e. The number of carbonyl (C=O) groups is 1. The van der Waals surface area contributed by atoms with Crippen LogP contribution in [0.3, 0.4) is 0 Å². The summed E-state index contributed by atoms with van der Waals surface area (Å²) >= 11 is 1.55. The van der Waals surface area contributed by atoms with Gasteiger partial charge in [-0.1, -0.05) is 6.07 Å². The SMILES string of the molecule is COC(=O)CCc1csc(-c2ncccc2C)n1. The summed E-state index contributed by atoms with van der Waals surface area (Å²) < 4.78 is 4.61. The number of carbonyl (C=O) groups excluding carboxylic acids is 1. The Morgan fingerprint density at radius 1 is 1.50 bits per heavy atom. The second-order valence-electron chi connectivity index (χ2n) is 3.89. The van der Waals surface area contributed by atoms with Crippen molar-refractivity contribution in [1.29, 1.82) is 0 Å². The number of pyridine rings is 1. The number of hydrogen-bond donors (Lipinski definition) is 0. The highest BCUT2D eigenvalue weighted by Crippen LogP contribution is 2.24. The lowest BCUT2D eigenvalue weighted by molar-refractivity contribution is -0.140. The molecule has 2 rings (SSSR count). The molecule has 0 saturated carbocycles. The lowest BCUT2D eigenvalue weighted by Gasteiger charge is -1.99. The maximum Gasteiger partial charge on any atom is 0.305 e. The fraction of sp³-hybridized carbons (Fsp3) is 0.308. The molecule has 0 saturated heterocycles. The average Bonchev–Trinajstić information content (AvgIpc) is 2.85. The molecule has 0 atom stereocenters. The van der Waals surface area contributed by atoms with E-state index in [9.17, 15) is 4.79 Å². The van der Waals surface area contributed by atoms with Gasteiger partial charge < -0.3 is 4.74 Å². The number of methoxy groups -OCH3 is 1. The van der Waals surface area contributed by atoms with E-state index in [1.165, 1.54) is 7.11 Å². The molecule has 0 radical (unpaired) electrons. The highest BCUT2D eigenvalue weighted by Gasteiger charge is 2.09. The van der Waals surface area contributed by atoms with Crippen LogP contribution in [0.5, 0.6) is 0 Å². The predicted octanol–water partition coefficient (Wildman–Crippen LogP) is 2.62. The predicted molar refractivity (Wildman–Crippen MR) is 70.4 cm³/mol. The second kappa shape index (κ2) is 5.73. The first-order valence-electron chi connectivity index (χ1n) is 5.64. The lowest BCUT2D eigenvalue weighted by atomic mass is 10.2. The topological polar surface area (TPSA) is 52.1 Å². The number of nitrogens with zero attached hydrogens (tertiary/aromatic N) is 2. The molecule has 5 heteroatoms. The van der Waals surface area contributed by atoms with Crippen LogP contribution in [-0.4, -0.2) is 23.0 Å². The van der Waals surface area contributed by atoms with Gasteiger partial charge in [0.05, 0.1) is 19.2 Å². The van der Waals surface area contributed by atoms with Crippen molar-refractivity contribution in [1.82, 2.24) is 9.97 Å². The van der Waals surface area contributed by atoms with Gasteiger partial charge >= 0.3 is 5.97 Å². The Hall–Kier alpha value is -1.75. The first-order chi connectivity index (χ1) is 8.70. The third-order valence-corrected chi connectivity index (χ3v) is 3.47. The number of thiazole rings is 1. The average molecular weight is 262 g/mol. The third-order valence-electron chi connectivity index (χ3n) is 2.58. The van der Waals surface area contributed by atoms with Gasteiger partial charge in [0, 0.05) is 18.0 Å². The van der Waals surface area contributed by atoms with Crippen molar-refractivity contribution >= 4 is 17.3 Å². The molecule has 2 heterocycles. The number of aromatic nitrogens is 2. The van der Waals surface area contributed by atoms with Gasteiger partial charge in [0.2, 0.25) is 0 Å². The maximum absolute atomic E-state index is 11.1. The van der Waals surface area contributed by atoms with Crippen LogP contribution in [-0.2, 0) is 16.0 Å². The summed E-state index contributed by atoms with van der Waals surface area (Å²) in [5.41, 5.74) is 2.92. The van der Waals surface area contributed by atoms with E-state index in [2.05, 4.69) is 14.7 Å². The first-order valence-corrected chi connectivity index (χ1v) is 6.52. The van der Waals surface area contributed by atoms with Crippen molar-refractivity contribution in [2.75, 3.05) is 7.11 Å². The number of ether oxygens (including phenoxy) is 1. The minimum Gasteiger partial charge on any atom is -0.469 e. The van der Waals surface area contributed by atoms with Gasteiger partial charge in [0.1, 0.15) is 10.7 Å². The van der Waals surface area contributed by atoms with Crippen LogP contribution in [0.15, 0.2) is 23.7 Å². The van der Waals surface area contributed by atoms with Crippen LogP contribution < -0.4 is 0 Å². The molecule has 0 spiro atoms. The van der Waals surface area contributed by atoms with Crippen LogP contribution in [0.2, 0.25) is 0 Å². The Morgan fingerprint density at radius 2 is 2.33 bits per heavy atom. The molecule has 0 aliphatic heterocycles. The summed E-state index contributed by atoms with van der Waals surface area (Å²) in [5.74, 6) is -0.210. The van der Waals surface area contributed by atoms with Crippen molar-refractivity contribution in [3.63, 3.8) is 0 Å². The summed E-state index contributed by atoms with van der Waals surface area (Å²) in [6.45, 7) is 2.01. The number of hydrogen-bond acceptors (Lipinski definition) is 5. The maximum atomic E-state index is 11.1. The van der Waals surface area contributed by atoms with Crippen LogP contribution in [0.4, 0.5) is 0 Å². The van der Waals surface area contributed by atoms with E-state index in [0.29, 0.717) is 12.8 Å². The van der Waals surface area contributed by atoms with Crippen molar-refractivity contribution in [2.24, 2.45) is 0 Å². The molecule has 2 aromatic rings. The monoisotopic (exact) mass is 262 g/mol. The van der Waals surface area contributed by atoms with Crippen LogP contribution >= 0.6 is 11.3 Å². The fourth-order valence-electron chi connectivity index (χ4n) is 1.57. The van der Waals surface area contributed by atoms with Gasteiger partial charge in [-0.25, -0.2) is 4.98 Å². The smallest absolute Gasteiger partial charge is 0.305 e. The summed E-state index contributed by atoms with van der Waals surface area (Å²) in [6, 6.07) is 3.92. The van der Waals surface area contributed by atoms with E-state index in [1.54, 1.807) is 17.5 Å². The number of aryl methyl sites for hydroxylation is 2. The summed E-state index contributed by atoms with van der Waals surface area (Å²) in [5, 5.41) is 2.86. The molecule has 0 aliphatic rings. The van der Waals surface area contributed by atoms with Gasteiger partial charge in [-0.05, 0) is 18.6 Å². The minimum atomic E-state index is -0.210. The van der Waals surface area contributed by atoms with Gasteiger partial charge in [-0.3, -0.25) is 9.78 Å². The highest BCUT2D eigenvalue weighted by molar-refractivity contribution is 7.13. The molecule has 0 aromatic carbocycles. The van der Waals surface area contributed by atoms with Crippen molar-refractivity contribution in [3.05, 3.63) is 35.0 Å². The minimum absolute atomic E-state index is 0.210. The van der Waals surface area contributed by atoms with Gasteiger partial charge in [0.25, 0.3) is 0 Å². The molecule has 0 N–H and O–H groups in total. The Labute approximate surface area is 110 Å². The van der Waals surface area contributed by atoms with Crippen molar-refractivity contribution in [2.45, 2.75) is 19.8 Å². The molecule has 0 aliphatic carbocycles. The molecule has 18 heavy (non-hydrogen) atoms. The summed E-state index contributed by atoms with van der Waals surface area (Å²) in [7, 11) is 1.39. The molecule has 0 bridgehead atoms. The fourth-order valence-corrected chi connectivity index (χ4v) is 2.49.